The number of carbonyl (C=O) groups is 1. The summed E-state index contributed by atoms with van der Waals surface area (Å²) in [5.41, 5.74) is 1.75. The molecule has 0 aliphatic carbocycles. The fraction of sp³-hybridized carbons (Fsp3) is 0.133. The van der Waals surface area contributed by atoms with Crippen molar-refractivity contribution >= 4 is 23.3 Å². The molecular formula is C15H14ClNO3. The van der Waals surface area contributed by atoms with Gasteiger partial charge in [-0.25, -0.2) is 4.79 Å². The van der Waals surface area contributed by atoms with E-state index in [0.717, 1.165) is 12.0 Å². The van der Waals surface area contributed by atoms with E-state index in [1.165, 1.54) is 6.07 Å². The first kappa shape index (κ1) is 14.2. The molecule has 0 fully saturated rings. The number of rotatable bonds is 5. The summed E-state index contributed by atoms with van der Waals surface area (Å²) in [5.74, 6) is -0.785. The molecule has 4 nitrogen and oxygen atoms in total. The lowest BCUT2D eigenvalue weighted by atomic mass is 10.1. The van der Waals surface area contributed by atoms with Gasteiger partial charge in [0.05, 0.1) is 5.56 Å². The normalized spacial score (nSPS) is 10.2. The largest absolute Gasteiger partial charge is 0.508 e. The summed E-state index contributed by atoms with van der Waals surface area (Å²) in [4.78, 5) is 11.1. The van der Waals surface area contributed by atoms with Crippen molar-refractivity contribution in [3.63, 3.8) is 0 Å². The maximum atomic E-state index is 11.1. The van der Waals surface area contributed by atoms with Crippen LogP contribution in [0.3, 0.4) is 0 Å². The second kappa shape index (κ2) is 6.30. The fourth-order valence-electron chi connectivity index (χ4n) is 1.85. The highest BCUT2D eigenvalue weighted by Gasteiger charge is 2.10. The number of halogens is 1. The average Bonchev–Trinajstić information content (AvgIpc) is 2.42. The quantitative estimate of drug-likeness (QED) is 0.790. The summed E-state index contributed by atoms with van der Waals surface area (Å²) in [6, 6.07) is 11.6. The van der Waals surface area contributed by atoms with Crippen LogP contribution in [0.25, 0.3) is 0 Å². The minimum atomic E-state index is -1.01. The molecule has 0 atom stereocenters. The number of carboxylic acids is 1. The first-order valence-corrected chi connectivity index (χ1v) is 6.48. The predicted molar refractivity (Wildman–Crippen MR) is 78.7 cm³/mol. The molecule has 0 saturated carbocycles. The summed E-state index contributed by atoms with van der Waals surface area (Å²) < 4.78 is 0. The molecule has 20 heavy (non-hydrogen) atoms. The van der Waals surface area contributed by atoms with E-state index in [9.17, 15) is 9.90 Å². The van der Waals surface area contributed by atoms with Crippen LogP contribution in [0.4, 0.5) is 5.69 Å². The first-order chi connectivity index (χ1) is 9.56. The Kier molecular flexibility index (Phi) is 4.48. The Morgan fingerprint density at radius 2 is 1.85 bits per heavy atom. The number of anilines is 1. The first-order valence-electron chi connectivity index (χ1n) is 6.11. The third-order valence-corrected chi connectivity index (χ3v) is 3.11. The van der Waals surface area contributed by atoms with Crippen LogP contribution in [0.5, 0.6) is 5.75 Å². The monoisotopic (exact) mass is 291 g/mol. The van der Waals surface area contributed by atoms with Gasteiger partial charge in [-0.3, -0.25) is 0 Å². The van der Waals surface area contributed by atoms with Crippen molar-refractivity contribution < 1.29 is 15.0 Å². The molecule has 0 unspecified atom stereocenters. The lowest BCUT2D eigenvalue weighted by Crippen LogP contribution is -2.09. The molecule has 2 aromatic carbocycles. The smallest absolute Gasteiger partial charge is 0.337 e. The standard InChI is InChI=1S/C15H14ClNO3/c16-11-3-6-14(13(9-11)15(19)20)17-8-7-10-1-4-12(18)5-2-10/h1-6,9,17-18H,7-8H2,(H,19,20). The van der Waals surface area contributed by atoms with Gasteiger partial charge in [0, 0.05) is 17.3 Å². The highest BCUT2D eigenvalue weighted by Crippen LogP contribution is 2.21. The van der Waals surface area contributed by atoms with Crippen LogP contribution in [-0.2, 0) is 6.42 Å². The van der Waals surface area contributed by atoms with Gasteiger partial charge in [0.1, 0.15) is 5.75 Å². The Morgan fingerprint density at radius 3 is 2.50 bits per heavy atom. The van der Waals surface area contributed by atoms with Gasteiger partial charge >= 0.3 is 5.97 Å². The number of aromatic carboxylic acids is 1. The van der Waals surface area contributed by atoms with Crippen molar-refractivity contribution in [2.45, 2.75) is 6.42 Å². The number of nitrogens with one attached hydrogen (secondary N) is 1. The van der Waals surface area contributed by atoms with E-state index < -0.39 is 5.97 Å². The molecule has 0 bridgehead atoms. The highest BCUT2D eigenvalue weighted by atomic mass is 35.5. The van der Waals surface area contributed by atoms with E-state index >= 15 is 0 Å². The molecule has 0 aliphatic rings. The summed E-state index contributed by atoms with van der Waals surface area (Å²) in [5, 5.41) is 21.8. The van der Waals surface area contributed by atoms with Crippen molar-refractivity contribution in [1.82, 2.24) is 0 Å². The van der Waals surface area contributed by atoms with Gasteiger partial charge in [-0.05, 0) is 42.3 Å². The second-order valence-electron chi connectivity index (χ2n) is 4.34. The van der Waals surface area contributed by atoms with E-state index in [1.54, 1.807) is 24.3 Å². The molecule has 0 saturated heterocycles. The van der Waals surface area contributed by atoms with Gasteiger partial charge in [0.15, 0.2) is 0 Å². The number of phenols is 1. The van der Waals surface area contributed by atoms with Crippen LogP contribution < -0.4 is 5.32 Å². The Bertz CT molecular complexity index is 611. The zero-order chi connectivity index (χ0) is 14.5. The number of carboxylic acid groups (broad SMARTS) is 1. The molecule has 104 valence electrons. The van der Waals surface area contributed by atoms with Crippen molar-refractivity contribution in [1.29, 1.82) is 0 Å². The van der Waals surface area contributed by atoms with Gasteiger partial charge in [0.25, 0.3) is 0 Å². The molecule has 3 N–H and O–H groups in total. The molecule has 0 spiro atoms. The molecule has 2 rings (SSSR count). The molecule has 5 heteroatoms. The minimum absolute atomic E-state index is 0.156. The van der Waals surface area contributed by atoms with E-state index in [0.29, 0.717) is 17.3 Å². The van der Waals surface area contributed by atoms with E-state index in [-0.39, 0.29) is 11.3 Å². The average molecular weight is 292 g/mol. The Hall–Kier alpha value is -2.20. The third kappa shape index (κ3) is 3.65. The van der Waals surface area contributed by atoms with Crippen LogP contribution in [0.15, 0.2) is 42.5 Å². The molecule has 0 aromatic heterocycles. The number of phenolic OH excluding ortho intramolecular Hbond substituents is 1. The SMILES string of the molecule is O=C(O)c1cc(Cl)ccc1NCCc1ccc(O)cc1. The predicted octanol–water partition coefficient (Wildman–Crippen LogP) is 3.40. The summed E-state index contributed by atoms with van der Waals surface area (Å²) >= 11 is 5.79. The van der Waals surface area contributed by atoms with E-state index in [4.69, 9.17) is 16.7 Å². The molecule has 0 heterocycles. The van der Waals surface area contributed by atoms with Crippen molar-refractivity contribution in [3.8, 4) is 5.75 Å². The third-order valence-electron chi connectivity index (χ3n) is 2.88. The van der Waals surface area contributed by atoms with Gasteiger partial charge in [-0.15, -0.1) is 0 Å². The molecule has 0 radical (unpaired) electrons. The van der Waals surface area contributed by atoms with Crippen molar-refractivity contribution in [3.05, 3.63) is 58.6 Å². The number of hydrogen-bond acceptors (Lipinski definition) is 3. The molecule has 0 aliphatic heterocycles. The van der Waals surface area contributed by atoms with Crippen molar-refractivity contribution in [2.75, 3.05) is 11.9 Å². The lowest BCUT2D eigenvalue weighted by Gasteiger charge is -2.10. The Balaban J connectivity index is 2.00. The van der Waals surface area contributed by atoms with Crippen LogP contribution in [-0.4, -0.2) is 22.7 Å². The van der Waals surface area contributed by atoms with Crippen LogP contribution in [0.2, 0.25) is 5.02 Å². The van der Waals surface area contributed by atoms with E-state index in [2.05, 4.69) is 5.32 Å². The zero-order valence-corrected chi connectivity index (χ0v) is 11.4. The number of aromatic hydroxyl groups is 1. The highest BCUT2D eigenvalue weighted by molar-refractivity contribution is 6.31. The number of hydrogen-bond donors (Lipinski definition) is 3. The zero-order valence-electron chi connectivity index (χ0n) is 10.6. The van der Waals surface area contributed by atoms with Gasteiger partial charge < -0.3 is 15.5 Å². The fourth-order valence-corrected chi connectivity index (χ4v) is 2.02. The van der Waals surface area contributed by atoms with Gasteiger partial charge in [0.2, 0.25) is 0 Å². The van der Waals surface area contributed by atoms with Gasteiger partial charge in [-0.2, -0.15) is 0 Å². The second-order valence-corrected chi connectivity index (χ2v) is 4.77. The topological polar surface area (TPSA) is 69.6 Å². The van der Waals surface area contributed by atoms with E-state index in [1.807, 2.05) is 12.1 Å². The Labute approximate surface area is 121 Å². The molecule has 0 amide bonds. The van der Waals surface area contributed by atoms with Crippen molar-refractivity contribution in [2.24, 2.45) is 0 Å². The minimum Gasteiger partial charge on any atom is -0.508 e. The summed E-state index contributed by atoms with van der Waals surface area (Å²) in [7, 11) is 0. The molecular weight excluding hydrogens is 278 g/mol. The Morgan fingerprint density at radius 1 is 1.15 bits per heavy atom. The van der Waals surface area contributed by atoms with Gasteiger partial charge in [-0.1, -0.05) is 23.7 Å². The maximum Gasteiger partial charge on any atom is 0.337 e. The maximum absolute atomic E-state index is 11.1. The lowest BCUT2D eigenvalue weighted by molar-refractivity contribution is 0.0698. The summed E-state index contributed by atoms with van der Waals surface area (Å²) in [6.07, 6.45) is 0.724. The van der Waals surface area contributed by atoms with Crippen LogP contribution >= 0.6 is 11.6 Å². The van der Waals surface area contributed by atoms with Crippen LogP contribution in [0.1, 0.15) is 15.9 Å². The number of benzene rings is 2. The summed E-state index contributed by atoms with van der Waals surface area (Å²) in [6.45, 7) is 0.590. The van der Waals surface area contributed by atoms with Crippen LogP contribution in [0, 0.1) is 0 Å². The molecule has 2 aromatic rings.